The van der Waals surface area contributed by atoms with Crippen LogP contribution in [0.2, 0.25) is 5.02 Å². The van der Waals surface area contributed by atoms with Crippen LogP contribution >= 0.6 is 11.6 Å². The third kappa shape index (κ3) is 8.55. The minimum absolute atomic E-state index is 0.0991. The molecule has 4 rings (SSSR count). The van der Waals surface area contributed by atoms with Crippen LogP contribution in [0.1, 0.15) is 49.2 Å². The second kappa shape index (κ2) is 16.1. The number of allylic oxidation sites excluding steroid dienone is 1. The van der Waals surface area contributed by atoms with Gasteiger partial charge in [-0.1, -0.05) is 42.5 Å². The first kappa shape index (κ1) is 34.2. The Hall–Kier alpha value is -3.64. The minimum Gasteiger partial charge on any atom is -0.444 e. The summed E-state index contributed by atoms with van der Waals surface area (Å²) in [6.45, 7) is 16.0. The van der Waals surface area contributed by atoms with Crippen molar-refractivity contribution in [1.82, 2.24) is 30.0 Å². The van der Waals surface area contributed by atoms with Crippen molar-refractivity contribution in [3.05, 3.63) is 83.6 Å². The van der Waals surface area contributed by atoms with E-state index in [-0.39, 0.29) is 36.8 Å². The molecule has 11 nitrogen and oxygen atoms in total. The number of methoxy groups -OCH3 is 1. The highest BCUT2D eigenvalue weighted by atomic mass is 35.5. The van der Waals surface area contributed by atoms with Crippen molar-refractivity contribution in [2.24, 2.45) is 7.05 Å². The average molecular weight is 641 g/mol. The topological polar surface area (TPSA) is 110 Å². The summed E-state index contributed by atoms with van der Waals surface area (Å²) in [7, 11) is 3.35. The maximum absolute atomic E-state index is 12.9. The third-order valence-electron chi connectivity index (χ3n) is 8.17. The van der Waals surface area contributed by atoms with E-state index in [0.29, 0.717) is 50.0 Å². The van der Waals surface area contributed by atoms with Crippen molar-refractivity contribution in [3.63, 3.8) is 0 Å². The first-order chi connectivity index (χ1) is 21.6. The third-order valence-corrected chi connectivity index (χ3v) is 8.40. The van der Waals surface area contributed by atoms with Gasteiger partial charge in [0.1, 0.15) is 12.7 Å². The molecule has 1 aromatic carbocycles. The fraction of sp³-hybridized carbons (Fsp3) is 0.485. The standard InChI is InChI=1S/C33H45ClN6O5/c1-7-11-36-30(22(2)3)32(39-12-14-40(15-13-39)33(42)45-25-10-16-44-19-25)26-9-8-24(34)17-27(26)23(4)31(37-29(41)20-43-6)28-18-35-21-38(28)5/h7-9,11,17-18,21,25,30-32,36H,2,4,10,12-16,19-20H2,1,3,5-6H3,(H,37,41)/b11-7-/t25-,30?,31?,32?/m0/s1. The quantitative estimate of drug-likeness (QED) is 0.313. The van der Waals surface area contributed by atoms with Gasteiger partial charge in [-0.3, -0.25) is 9.69 Å². The maximum atomic E-state index is 12.9. The summed E-state index contributed by atoms with van der Waals surface area (Å²) in [4.78, 5) is 34.1. The number of carbonyl (C=O) groups is 2. The Morgan fingerprint density at radius 2 is 2.00 bits per heavy atom. The van der Waals surface area contributed by atoms with Crippen LogP contribution in [0.4, 0.5) is 4.79 Å². The molecule has 4 atom stereocenters. The van der Waals surface area contributed by atoms with E-state index >= 15 is 0 Å². The van der Waals surface area contributed by atoms with E-state index < -0.39 is 6.04 Å². The van der Waals surface area contributed by atoms with Crippen molar-refractivity contribution < 1.29 is 23.8 Å². The van der Waals surface area contributed by atoms with Gasteiger partial charge in [0.15, 0.2) is 0 Å². The SMILES string of the molecule is C=C(c1cc(Cl)ccc1C(C(N/C=C\C)C(=C)C)N1CCN(C(=O)O[C@H]2CCOC2)CC1)C(NC(=O)COC)c1cncn1C. The molecule has 3 heterocycles. The number of aryl methyl sites for hydroxylation is 1. The van der Waals surface area contributed by atoms with E-state index in [1.807, 2.05) is 55.9 Å². The summed E-state index contributed by atoms with van der Waals surface area (Å²) < 4.78 is 18.0. The van der Waals surface area contributed by atoms with Gasteiger partial charge in [-0.05, 0) is 48.9 Å². The monoisotopic (exact) mass is 640 g/mol. The van der Waals surface area contributed by atoms with Crippen LogP contribution in [0.5, 0.6) is 0 Å². The Bertz CT molecular complexity index is 1380. The van der Waals surface area contributed by atoms with E-state index in [4.69, 9.17) is 25.8 Å². The highest BCUT2D eigenvalue weighted by Gasteiger charge is 2.36. The van der Waals surface area contributed by atoms with Crippen molar-refractivity contribution in [2.75, 3.05) is 53.1 Å². The lowest BCUT2D eigenvalue weighted by molar-refractivity contribution is -0.125. The van der Waals surface area contributed by atoms with Crippen molar-refractivity contribution >= 4 is 29.2 Å². The molecule has 2 N–H and O–H groups in total. The van der Waals surface area contributed by atoms with Gasteiger partial charge in [-0.25, -0.2) is 9.78 Å². The number of benzene rings is 1. The van der Waals surface area contributed by atoms with Crippen LogP contribution < -0.4 is 10.6 Å². The molecule has 0 saturated carbocycles. The van der Waals surface area contributed by atoms with Crippen molar-refractivity contribution in [3.8, 4) is 0 Å². The molecule has 2 saturated heterocycles. The zero-order valence-electron chi connectivity index (χ0n) is 26.6. The number of hydrogen-bond donors (Lipinski definition) is 2. The molecule has 2 aromatic rings. The highest BCUT2D eigenvalue weighted by Crippen LogP contribution is 2.39. The summed E-state index contributed by atoms with van der Waals surface area (Å²) >= 11 is 6.63. The second-order valence-corrected chi connectivity index (χ2v) is 11.9. The molecule has 12 heteroatoms. The second-order valence-electron chi connectivity index (χ2n) is 11.4. The molecule has 2 amide bonds. The van der Waals surface area contributed by atoms with Crippen LogP contribution in [-0.4, -0.2) is 96.6 Å². The van der Waals surface area contributed by atoms with Gasteiger partial charge in [0.05, 0.1) is 49.6 Å². The molecule has 0 radical (unpaired) electrons. The number of piperazine rings is 1. The molecule has 0 aliphatic carbocycles. The summed E-state index contributed by atoms with van der Waals surface area (Å²) in [5.41, 5.74) is 4.10. The lowest BCUT2D eigenvalue weighted by Crippen LogP contribution is -2.53. The number of aromatic nitrogens is 2. The van der Waals surface area contributed by atoms with Crippen molar-refractivity contribution in [1.29, 1.82) is 0 Å². The molecule has 45 heavy (non-hydrogen) atoms. The van der Waals surface area contributed by atoms with E-state index in [9.17, 15) is 9.59 Å². The number of nitrogens with one attached hydrogen (secondary N) is 2. The molecule has 244 valence electrons. The number of amides is 2. The molecule has 2 aliphatic heterocycles. The average Bonchev–Trinajstić information content (AvgIpc) is 3.69. The van der Waals surface area contributed by atoms with Gasteiger partial charge < -0.3 is 34.3 Å². The highest BCUT2D eigenvalue weighted by molar-refractivity contribution is 6.30. The number of halogens is 1. The largest absolute Gasteiger partial charge is 0.444 e. The Balaban J connectivity index is 1.71. The van der Waals surface area contributed by atoms with Gasteiger partial charge in [-0.2, -0.15) is 0 Å². The zero-order chi connectivity index (χ0) is 32.5. The van der Waals surface area contributed by atoms with Gasteiger partial charge in [0.2, 0.25) is 5.91 Å². The smallest absolute Gasteiger partial charge is 0.410 e. The van der Waals surface area contributed by atoms with Gasteiger partial charge >= 0.3 is 6.09 Å². The number of ether oxygens (including phenoxy) is 3. The van der Waals surface area contributed by atoms with Crippen LogP contribution in [0.3, 0.4) is 0 Å². The van der Waals surface area contributed by atoms with Crippen molar-refractivity contribution in [2.45, 2.75) is 44.5 Å². The fourth-order valence-electron chi connectivity index (χ4n) is 5.83. The fourth-order valence-corrected chi connectivity index (χ4v) is 6.01. The van der Waals surface area contributed by atoms with E-state index in [1.165, 1.54) is 7.11 Å². The van der Waals surface area contributed by atoms with Crippen LogP contribution in [0.25, 0.3) is 5.57 Å². The maximum Gasteiger partial charge on any atom is 0.410 e. The summed E-state index contributed by atoms with van der Waals surface area (Å²) in [6, 6.07) is 4.76. The normalized spacial score (nSPS) is 19.2. The van der Waals surface area contributed by atoms with Crippen LogP contribution in [0.15, 0.2) is 61.7 Å². The molecule has 2 fully saturated rings. The van der Waals surface area contributed by atoms with E-state index in [1.54, 1.807) is 17.4 Å². The van der Waals surface area contributed by atoms with E-state index in [0.717, 1.165) is 28.8 Å². The number of rotatable bonds is 13. The minimum atomic E-state index is -0.601. The van der Waals surface area contributed by atoms with Crippen LogP contribution in [-0.2, 0) is 26.1 Å². The molecule has 0 spiro atoms. The molecule has 1 aromatic heterocycles. The molecule has 3 unspecified atom stereocenters. The predicted molar refractivity (Wildman–Crippen MR) is 175 cm³/mol. The first-order valence-corrected chi connectivity index (χ1v) is 15.6. The Morgan fingerprint density at radius 1 is 1.24 bits per heavy atom. The Morgan fingerprint density at radius 3 is 2.60 bits per heavy atom. The van der Waals surface area contributed by atoms with Gasteiger partial charge in [0.25, 0.3) is 0 Å². The predicted octanol–water partition coefficient (Wildman–Crippen LogP) is 4.24. The lowest BCUT2D eigenvalue weighted by Gasteiger charge is -2.43. The first-order valence-electron chi connectivity index (χ1n) is 15.2. The molecular formula is C33H45ClN6O5. The lowest BCUT2D eigenvalue weighted by atomic mass is 9.85. The number of hydrogen-bond acceptors (Lipinski definition) is 8. The number of carbonyl (C=O) groups excluding carboxylic acids is 2. The van der Waals surface area contributed by atoms with Gasteiger partial charge in [0, 0.05) is 51.8 Å². The summed E-state index contributed by atoms with van der Waals surface area (Å²) in [5, 5.41) is 7.14. The van der Waals surface area contributed by atoms with E-state index in [2.05, 4.69) is 33.7 Å². The Kier molecular flexibility index (Phi) is 12.2. The zero-order valence-corrected chi connectivity index (χ0v) is 27.4. The molecule has 2 aliphatic rings. The summed E-state index contributed by atoms with van der Waals surface area (Å²) in [5.74, 6) is -0.285. The Labute approximate surface area is 270 Å². The number of nitrogens with zero attached hydrogens (tertiary/aromatic N) is 4. The number of imidazole rings is 1. The van der Waals surface area contributed by atoms with Gasteiger partial charge in [-0.15, -0.1) is 0 Å². The molecule has 0 bridgehead atoms. The van der Waals surface area contributed by atoms with Crippen LogP contribution in [0, 0.1) is 0 Å². The summed E-state index contributed by atoms with van der Waals surface area (Å²) in [6.07, 6.45) is 7.47. The molecular weight excluding hydrogens is 596 g/mol.